The van der Waals surface area contributed by atoms with E-state index in [0.717, 1.165) is 31.6 Å². The van der Waals surface area contributed by atoms with E-state index in [1.165, 1.54) is 11.8 Å². The molecule has 198 valence electrons. The maximum absolute atomic E-state index is 12.2. The summed E-state index contributed by atoms with van der Waals surface area (Å²) in [6.07, 6.45) is 4.15. The van der Waals surface area contributed by atoms with Gasteiger partial charge in [0.2, 0.25) is 0 Å². The summed E-state index contributed by atoms with van der Waals surface area (Å²) in [4.78, 5) is 23.7. The lowest BCUT2D eigenvalue weighted by Gasteiger charge is -2.38. The lowest BCUT2D eigenvalue weighted by Crippen LogP contribution is -2.46. The number of hydrogen-bond donors (Lipinski definition) is 2. The number of carbonyl (C=O) groups is 1. The van der Waals surface area contributed by atoms with Crippen molar-refractivity contribution >= 4 is 22.8 Å². The summed E-state index contributed by atoms with van der Waals surface area (Å²) in [5.74, 6) is 0.649. The number of aromatic nitrogens is 3. The van der Waals surface area contributed by atoms with Crippen molar-refractivity contribution in [3.05, 3.63) is 77.7 Å². The van der Waals surface area contributed by atoms with Crippen molar-refractivity contribution in [1.29, 1.82) is 0 Å². The fourth-order valence-electron chi connectivity index (χ4n) is 5.10. The third-order valence-corrected chi connectivity index (χ3v) is 7.28. The topological polar surface area (TPSA) is 102 Å². The van der Waals surface area contributed by atoms with Crippen LogP contribution < -0.4 is 14.8 Å². The summed E-state index contributed by atoms with van der Waals surface area (Å²) >= 11 is 0. The molecule has 2 atom stereocenters. The van der Waals surface area contributed by atoms with E-state index in [9.17, 15) is 9.90 Å². The SMILES string of the molecule is COc1ccc(Cn2cnc3c(N[C@H]4CN(Cc5ccccc5)CC[C@H]4C)c(C(=O)O)cnc32)cc1OC. The number of carboxylic acid groups (broad SMARTS) is 1. The first kappa shape index (κ1) is 25.5. The highest BCUT2D eigenvalue weighted by atomic mass is 16.5. The van der Waals surface area contributed by atoms with Crippen molar-refractivity contribution in [1.82, 2.24) is 19.4 Å². The van der Waals surface area contributed by atoms with E-state index in [2.05, 4.69) is 51.4 Å². The van der Waals surface area contributed by atoms with Gasteiger partial charge in [0.15, 0.2) is 17.1 Å². The van der Waals surface area contributed by atoms with Gasteiger partial charge in [0.05, 0.1) is 32.8 Å². The van der Waals surface area contributed by atoms with E-state index in [0.29, 0.717) is 40.8 Å². The number of pyridine rings is 1. The van der Waals surface area contributed by atoms with E-state index in [1.807, 2.05) is 28.8 Å². The first-order valence-electron chi connectivity index (χ1n) is 12.8. The van der Waals surface area contributed by atoms with Gasteiger partial charge in [-0.15, -0.1) is 0 Å². The maximum Gasteiger partial charge on any atom is 0.339 e. The van der Waals surface area contributed by atoms with Gasteiger partial charge in [0.1, 0.15) is 11.1 Å². The molecule has 1 fully saturated rings. The minimum absolute atomic E-state index is 0.0761. The Morgan fingerprint density at radius 2 is 1.84 bits per heavy atom. The van der Waals surface area contributed by atoms with Crippen molar-refractivity contribution in [2.75, 3.05) is 32.6 Å². The number of likely N-dealkylation sites (tertiary alicyclic amines) is 1. The quantitative estimate of drug-likeness (QED) is 0.336. The molecule has 9 heteroatoms. The number of fused-ring (bicyclic) bond motifs is 1. The van der Waals surface area contributed by atoms with Crippen LogP contribution in [-0.2, 0) is 13.1 Å². The number of hydrogen-bond acceptors (Lipinski definition) is 7. The zero-order valence-electron chi connectivity index (χ0n) is 21.9. The van der Waals surface area contributed by atoms with E-state index < -0.39 is 5.97 Å². The molecule has 0 amide bonds. The van der Waals surface area contributed by atoms with Gasteiger partial charge in [0.25, 0.3) is 0 Å². The molecule has 4 aromatic rings. The van der Waals surface area contributed by atoms with Crippen LogP contribution in [0.1, 0.15) is 34.8 Å². The Kier molecular flexibility index (Phi) is 7.46. The molecule has 1 saturated heterocycles. The first-order chi connectivity index (χ1) is 18.5. The summed E-state index contributed by atoms with van der Waals surface area (Å²) in [5, 5.41) is 13.5. The number of benzene rings is 2. The summed E-state index contributed by atoms with van der Waals surface area (Å²) < 4.78 is 12.7. The lowest BCUT2D eigenvalue weighted by molar-refractivity contribution is 0.0697. The number of anilines is 1. The molecule has 9 nitrogen and oxygen atoms in total. The van der Waals surface area contributed by atoms with Crippen LogP contribution in [0, 0.1) is 5.92 Å². The second-order valence-corrected chi connectivity index (χ2v) is 9.82. The molecule has 1 aliphatic rings. The van der Waals surface area contributed by atoms with Gasteiger partial charge in [-0.1, -0.05) is 43.3 Å². The monoisotopic (exact) mass is 515 g/mol. The number of nitrogens with one attached hydrogen (secondary N) is 1. The van der Waals surface area contributed by atoms with Gasteiger partial charge < -0.3 is 24.5 Å². The number of carboxylic acids is 1. The molecular formula is C29H33N5O4. The average Bonchev–Trinajstić information content (AvgIpc) is 3.34. The van der Waals surface area contributed by atoms with Crippen molar-refractivity contribution < 1.29 is 19.4 Å². The number of methoxy groups -OCH3 is 2. The van der Waals surface area contributed by atoms with Crippen LogP contribution in [0.25, 0.3) is 11.2 Å². The minimum Gasteiger partial charge on any atom is -0.493 e. The number of piperidine rings is 1. The second-order valence-electron chi connectivity index (χ2n) is 9.82. The largest absolute Gasteiger partial charge is 0.493 e. The molecule has 2 N–H and O–H groups in total. The first-order valence-corrected chi connectivity index (χ1v) is 12.8. The third-order valence-electron chi connectivity index (χ3n) is 7.28. The lowest BCUT2D eigenvalue weighted by atomic mass is 9.92. The molecule has 0 unspecified atom stereocenters. The number of rotatable bonds is 9. The molecule has 2 aromatic heterocycles. The van der Waals surface area contributed by atoms with Crippen LogP contribution in [0.5, 0.6) is 11.5 Å². The van der Waals surface area contributed by atoms with Gasteiger partial charge in [0, 0.05) is 25.3 Å². The number of nitrogens with zero attached hydrogens (tertiary/aromatic N) is 4. The van der Waals surface area contributed by atoms with Crippen LogP contribution in [0.4, 0.5) is 5.69 Å². The second kappa shape index (κ2) is 11.1. The predicted octanol–water partition coefficient (Wildman–Crippen LogP) is 4.52. The Balaban J connectivity index is 1.42. The summed E-state index contributed by atoms with van der Waals surface area (Å²) in [6, 6.07) is 16.2. The van der Waals surface area contributed by atoms with Crippen molar-refractivity contribution in [2.45, 2.75) is 32.5 Å². The highest BCUT2D eigenvalue weighted by Crippen LogP contribution is 2.31. The Morgan fingerprint density at radius 3 is 2.58 bits per heavy atom. The fourth-order valence-corrected chi connectivity index (χ4v) is 5.10. The predicted molar refractivity (Wildman–Crippen MR) is 146 cm³/mol. The molecule has 2 aromatic carbocycles. The Labute approximate surface area is 222 Å². The molecule has 0 spiro atoms. The molecule has 0 saturated carbocycles. The molecule has 0 aliphatic carbocycles. The Bertz CT molecular complexity index is 1420. The molecule has 3 heterocycles. The van der Waals surface area contributed by atoms with Gasteiger partial charge in [-0.25, -0.2) is 14.8 Å². The summed E-state index contributed by atoms with van der Waals surface area (Å²) in [7, 11) is 3.21. The highest BCUT2D eigenvalue weighted by Gasteiger charge is 2.29. The summed E-state index contributed by atoms with van der Waals surface area (Å²) in [5.41, 5.74) is 4.08. The zero-order chi connectivity index (χ0) is 26.6. The Hall–Kier alpha value is -4.11. The fraction of sp³-hybridized carbons (Fsp3) is 0.345. The minimum atomic E-state index is -1.03. The average molecular weight is 516 g/mol. The highest BCUT2D eigenvalue weighted by molar-refractivity contribution is 6.02. The van der Waals surface area contributed by atoms with Crippen molar-refractivity contribution in [3.63, 3.8) is 0 Å². The zero-order valence-corrected chi connectivity index (χ0v) is 21.9. The van der Waals surface area contributed by atoms with Crippen LogP contribution in [0.2, 0.25) is 0 Å². The van der Waals surface area contributed by atoms with E-state index in [4.69, 9.17) is 9.47 Å². The summed E-state index contributed by atoms with van der Waals surface area (Å²) in [6.45, 7) is 5.40. The van der Waals surface area contributed by atoms with Crippen LogP contribution in [0.3, 0.4) is 0 Å². The van der Waals surface area contributed by atoms with Crippen molar-refractivity contribution in [2.24, 2.45) is 5.92 Å². The molecular weight excluding hydrogens is 482 g/mol. The maximum atomic E-state index is 12.2. The molecule has 38 heavy (non-hydrogen) atoms. The van der Waals surface area contributed by atoms with E-state index in [1.54, 1.807) is 20.5 Å². The molecule has 1 aliphatic heterocycles. The third kappa shape index (κ3) is 5.28. The van der Waals surface area contributed by atoms with Gasteiger partial charge in [-0.3, -0.25) is 4.90 Å². The molecule has 5 rings (SSSR count). The van der Waals surface area contributed by atoms with Gasteiger partial charge in [-0.2, -0.15) is 0 Å². The molecule has 0 bridgehead atoms. The van der Waals surface area contributed by atoms with E-state index in [-0.39, 0.29) is 11.6 Å². The normalized spacial score (nSPS) is 17.9. The molecule has 0 radical (unpaired) electrons. The van der Waals surface area contributed by atoms with Crippen LogP contribution in [-0.4, -0.2) is 63.9 Å². The van der Waals surface area contributed by atoms with E-state index >= 15 is 0 Å². The number of ether oxygens (including phenoxy) is 2. The van der Waals surface area contributed by atoms with Crippen LogP contribution >= 0.6 is 0 Å². The smallest absolute Gasteiger partial charge is 0.339 e. The van der Waals surface area contributed by atoms with Gasteiger partial charge >= 0.3 is 5.97 Å². The van der Waals surface area contributed by atoms with Gasteiger partial charge in [-0.05, 0) is 42.1 Å². The standard InChI is InChI=1S/C29H33N5O4/c1-19-11-12-33(15-20-7-5-4-6-8-20)17-23(19)32-26-22(29(35)36)14-30-28-27(26)31-18-34(28)16-21-9-10-24(37-2)25(13-21)38-3/h4-10,13-14,18-19,23H,11-12,15-17H2,1-3H3,(H,30,32)(H,35,36)/t19-,23+/m1/s1. The van der Waals surface area contributed by atoms with Crippen molar-refractivity contribution in [3.8, 4) is 11.5 Å². The Morgan fingerprint density at radius 1 is 1.05 bits per heavy atom. The number of aromatic carboxylic acids is 1. The number of imidazole rings is 1. The van der Waals surface area contributed by atoms with Crippen LogP contribution in [0.15, 0.2) is 61.1 Å².